The van der Waals surface area contributed by atoms with Crippen LogP contribution in [0.3, 0.4) is 0 Å². The van der Waals surface area contributed by atoms with E-state index in [4.69, 9.17) is 4.42 Å². The molecule has 0 aliphatic rings. The van der Waals surface area contributed by atoms with Crippen molar-refractivity contribution in [2.75, 3.05) is 11.3 Å². The smallest absolute Gasteiger partial charge is 0.295 e. The van der Waals surface area contributed by atoms with Gasteiger partial charge in [0.15, 0.2) is 0 Å². The summed E-state index contributed by atoms with van der Waals surface area (Å²) in [7, 11) is -3.74. The lowest BCUT2D eigenvalue weighted by Gasteiger charge is -2.07. The summed E-state index contributed by atoms with van der Waals surface area (Å²) in [6.07, 6.45) is 3.01. The molecule has 0 fully saturated rings. The number of furan rings is 1. The highest BCUT2D eigenvalue weighted by molar-refractivity contribution is 9.10. The molecule has 20 heavy (non-hydrogen) atoms. The molecule has 0 spiro atoms. The Hall–Kier alpha value is -1.38. The monoisotopic (exact) mass is 359 g/mol. The molecule has 2 heterocycles. The number of sulfonamides is 1. The van der Waals surface area contributed by atoms with Gasteiger partial charge in [-0.15, -0.1) is 0 Å². The minimum atomic E-state index is -3.74. The third kappa shape index (κ3) is 3.59. The first-order valence-electron chi connectivity index (χ1n) is 5.94. The standard InChI is InChI=1S/C12H14BrN3O3S/c1-2-14-7-9-3-4-12(19-9)20(17,18)16-11-5-6-15-8-10(11)13/h3-6,8,14H,2,7H2,1H3,(H,15,16). The quantitative estimate of drug-likeness (QED) is 0.826. The Morgan fingerprint density at radius 2 is 2.15 bits per heavy atom. The van der Waals surface area contributed by atoms with Crippen molar-refractivity contribution in [3.05, 3.63) is 40.8 Å². The van der Waals surface area contributed by atoms with Crippen LogP contribution in [0.15, 0.2) is 44.6 Å². The first-order valence-corrected chi connectivity index (χ1v) is 8.22. The Bertz CT molecular complexity index is 685. The highest BCUT2D eigenvalue weighted by Crippen LogP contribution is 2.24. The summed E-state index contributed by atoms with van der Waals surface area (Å²) in [5, 5.41) is 2.95. The van der Waals surface area contributed by atoms with E-state index in [0.717, 1.165) is 6.54 Å². The fraction of sp³-hybridized carbons (Fsp3) is 0.250. The van der Waals surface area contributed by atoms with Crippen molar-refractivity contribution in [1.29, 1.82) is 0 Å². The van der Waals surface area contributed by atoms with Crippen molar-refractivity contribution in [3.8, 4) is 0 Å². The van der Waals surface area contributed by atoms with Crippen LogP contribution in [-0.4, -0.2) is 19.9 Å². The Labute approximate surface area is 125 Å². The van der Waals surface area contributed by atoms with Gasteiger partial charge in [0.1, 0.15) is 5.76 Å². The molecule has 0 aliphatic heterocycles. The SMILES string of the molecule is CCNCc1ccc(S(=O)(=O)Nc2ccncc2Br)o1. The van der Waals surface area contributed by atoms with E-state index in [1.165, 1.54) is 18.5 Å². The number of nitrogens with zero attached hydrogens (tertiary/aromatic N) is 1. The molecule has 6 nitrogen and oxygen atoms in total. The summed E-state index contributed by atoms with van der Waals surface area (Å²) in [6, 6.07) is 4.63. The number of rotatable bonds is 6. The highest BCUT2D eigenvalue weighted by Gasteiger charge is 2.19. The van der Waals surface area contributed by atoms with E-state index in [-0.39, 0.29) is 5.09 Å². The molecule has 0 aliphatic carbocycles. The Balaban J connectivity index is 2.18. The minimum Gasteiger partial charge on any atom is -0.446 e. The summed E-state index contributed by atoms with van der Waals surface area (Å²) in [5.41, 5.74) is 0.407. The van der Waals surface area contributed by atoms with Crippen LogP contribution in [0.4, 0.5) is 5.69 Å². The van der Waals surface area contributed by atoms with E-state index in [0.29, 0.717) is 22.5 Å². The van der Waals surface area contributed by atoms with Gasteiger partial charge in [-0.2, -0.15) is 8.42 Å². The Morgan fingerprint density at radius 3 is 2.85 bits per heavy atom. The zero-order valence-electron chi connectivity index (χ0n) is 10.8. The van der Waals surface area contributed by atoms with Gasteiger partial charge in [-0.3, -0.25) is 9.71 Å². The van der Waals surface area contributed by atoms with Crippen LogP contribution in [0, 0.1) is 0 Å². The fourth-order valence-electron chi connectivity index (χ4n) is 1.50. The molecule has 0 amide bonds. The van der Waals surface area contributed by atoms with Crippen LogP contribution >= 0.6 is 15.9 Å². The maximum absolute atomic E-state index is 12.2. The van der Waals surface area contributed by atoms with Gasteiger partial charge in [0, 0.05) is 12.4 Å². The first-order chi connectivity index (χ1) is 9.53. The van der Waals surface area contributed by atoms with E-state index in [9.17, 15) is 8.42 Å². The molecule has 8 heteroatoms. The van der Waals surface area contributed by atoms with Crippen LogP contribution in [-0.2, 0) is 16.6 Å². The molecule has 0 bridgehead atoms. The number of nitrogens with one attached hydrogen (secondary N) is 2. The molecule has 0 unspecified atom stereocenters. The van der Waals surface area contributed by atoms with Gasteiger partial charge in [0.25, 0.3) is 10.0 Å². The van der Waals surface area contributed by atoms with Crippen molar-refractivity contribution in [3.63, 3.8) is 0 Å². The van der Waals surface area contributed by atoms with Gasteiger partial charge in [0.2, 0.25) is 5.09 Å². The van der Waals surface area contributed by atoms with Gasteiger partial charge < -0.3 is 9.73 Å². The maximum Gasteiger partial charge on any atom is 0.295 e. The lowest BCUT2D eigenvalue weighted by molar-refractivity contribution is 0.405. The predicted molar refractivity (Wildman–Crippen MR) is 78.8 cm³/mol. The second-order valence-corrected chi connectivity index (χ2v) is 6.43. The van der Waals surface area contributed by atoms with Gasteiger partial charge in [-0.05, 0) is 40.7 Å². The number of pyridine rings is 1. The zero-order chi connectivity index (χ0) is 14.6. The summed E-state index contributed by atoms with van der Waals surface area (Å²) < 4.78 is 32.7. The predicted octanol–water partition coefficient (Wildman–Crippen LogP) is 2.35. The lowest BCUT2D eigenvalue weighted by atomic mass is 10.4. The molecular formula is C12H14BrN3O3S. The van der Waals surface area contributed by atoms with Gasteiger partial charge in [-0.25, -0.2) is 0 Å². The van der Waals surface area contributed by atoms with Crippen molar-refractivity contribution >= 4 is 31.6 Å². The van der Waals surface area contributed by atoms with E-state index in [1.807, 2.05) is 6.92 Å². The minimum absolute atomic E-state index is 0.117. The number of halogens is 1. The molecule has 0 saturated heterocycles. The summed E-state index contributed by atoms with van der Waals surface area (Å²) in [4.78, 5) is 3.87. The zero-order valence-corrected chi connectivity index (χ0v) is 13.2. The highest BCUT2D eigenvalue weighted by atomic mass is 79.9. The van der Waals surface area contributed by atoms with Crippen LogP contribution in [0.5, 0.6) is 0 Å². The van der Waals surface area contributed by atoms with E-state index >= 15 is 0 Å². The number of anilines is 1. The van der Waals surface area contributed by atoms with Crippen molar-refractivity contribution in [2.45, 2.75) is 18.6 Å². The molecule has 0 atom stereocenters. The molecule has 0 radical (unpaired) electrons. The summed E-state index contributed by atoms with van der Waals surface area (Å²) in [5.74, 6) is 0.570. The average molecular weight is 360 g/mol. The Morgan fingerprint density at radius 1 is 1.35 bits per heavy atom. The van der Waals surface area contributed by atoms with Crippen molar-refractivity contribution < 1.29 is 12.8 Å². The third-order valence-corrected chi connectivity index (χ3v) is 4.34. The summed E-state index contributed by atoms with van der Waals surface area (Å²) >= 11 is 3.23. The molecule has 108 valence electrons. The van der Waals surface area contributed by atoms with Crippen LogP contribution in [0.25, 0.3) is 0 Å². The van der Waals surface area contributed by atoms with Crippen molar-refractivity contribution in [1.82, 2.24) is 10.3 Å². The molecular weight excluding hydrogens is 346 g/mol. The lowest BCUT2D eigenvalue weighted by Crippen LogP contribution is -2.13. The van der Waals surface area contributed by atoms with E-state index < -0.39 is 10.0 Å². The van der Waals surface area contributed by atoms with Crippen LogP contribution < -0.4 is 10.0 Å². The van der Waals surface area contributed by atoms with Gasteiger partial charge in [-0.1, -0.05) is 6.92 Å². The van der Waals surface area contributed by atoms with Crippen molar-refractivity contribution in [2.24, 2.45) is 0 Å². The topological polar surface area (TPSA) is 84.2 Å². The number of hydrogen-bond acceptors (Lipinski definition) is 5. The summed E-state index contributed by atoms with van der Waals surface area (Å²) in [6.45, 7) is 3.24. The van der Waals surface area contributed by atoms with E-state index in [1.54, 1.807) is 12.1 Å². The second-order valence-electron chi connectivity index (χ2n) is 3.96. The van der Waals surface area contributed by atoms with E-state index in [2.05, 4.69) is 31.0 Å². The maximum atomic E-state index is 12.2. The molecule has 2 aromatic rings. The largest absolute Gasteiger partial charge is 0.446 e. The molecule has 2 aromatic heterocycles. The fourth-order valence-corrected chi connectivity index (χ4v) is 3.01. The Kier molecular flexibility index (Phi) is 4.79. The molecule has 2 rings (SSSR count). The molecule has 0 aromatic carbocycles. The normalized spacial score (nSPS) is 11.5. The molecule has 2 N–H and O–H groups in total. The number of aromatic nitrogens is 1. The average Bonchev–Trinajstić information content (AvgIpc) is 2.88. The third-order valence-electron chi connectivity index (χ3n) is 2.47. The van der Waals surface area contributed by atoms with Crippen LogP contribution in [0.1, 0.15) is 12.7 Å². The second kappa shape index (κ2) is 6.38. The van der Waals surface area contributed by atoms with Gasteiger partial charge >= 0.3 is 0 Å². The van der Waals surface area contributed by atoms with Crippen LogP contribution in [0.2, 0.25) is 0 Å². The number of hydrogen-bond donors (Lipinski definition) is 2. The molecule has 0 saturated carbocycles. The van der Waals surface area contributed by atoms with Gasteiger partial charge in [0.05, 0.1) is 16.7 Å². The first kappa shape index (κ1) is 15.0.